The molecule has 6 aromatic rings. The summed E-state index contributed by atoms with van der Waals surface area (Å²) in [5.74, 6) is 0. The van der Waals surface area contributed by atoms with E-state index in [2.05, 4.69) is 9.82 Å². The molecule has 8 heteroatoms. The van der Waals surface area contributed by atoms with E-state index < -0.39 is 15.6 Å². The highest BCUT2D eigenvalue weighted by Gasteiger charge is 2.40. The molecule has 0 atom stereocenters. The lowest BCUT2D eigenvalue weighted by Crippen LogP contribution is -2.38. The van der Waals surface area contributed by atoms with Crippen molar-refractivity contribution in [2.45, 2.75) is 23.8 Å². The topological polar surface area (TPSA) is 81.8 Å². The Labute approximate surface area is 233 Å². The van der Waals surface area contributed by atoms with E-state index in [1.165, 1.54) is 6.20 Å². The maximum atomic E-state index is 13.9. The molecule has 0 aliphatic carbocycles. The largest absolute Gasteiger partial charge is 0.277 e. The van der Waals surface area contributed by atoms with Crippen LogP contribution in [0.3, 0.4) is 0 Å². The van der Waals surface area contributed by atoms with Crippen molar-refractivity contribution in [2.24, 2.45) is 7.05 Å². The van der Waals surface area contributed by atoms with Gasteiger partial charge in [-0.15, -0.1) is 0 Å². The van der Waals surface area contributed by atoms with Crippen LogP contribution in [0.5, 0.6) is 0 Å². The summed E-state index contributed by atoms with van der Waals surface area (Å²) in [5, 5.41) is 9.92. The number of nitrogens with zero attached hydrogens (tertiary/aromatic N) is 4. The van der Waals surface area contributed by atoms with E-state index in [0.717, 1.165) is 33.2 Å². The summed E-state index contributed by atoms with van der Waals surface area (Å²) < 4.78 is 34.1. The Balaban J connectivity index is 1.54. The molecular weight excluding hydrogens is 518 g/mol. The molecule has 0 amide bonds. The van der Waals surface area contributed by atoms with Crippen LogP contribution in [-0.4, -0.2) is 28.0 Å². The van der Waals surface area contributed by atoms with Crippen molar-refractivity contribution in [1.29, 1.82) is 0 Å². The van der Waals surface area contributed by atoms with E-state index in [9.17, 15) is 8.42 Å². The van der Waals surface area contributed by atoms with Gasteiger partial charge < -0.3 is 0 Å². The van der Waals surface area contributed by atoms with Crippen LogP contribution in [0.25, 0.3) is 10.9 Å². The van der Waals surface area contributed by atoms with Gasteiger partial charge in [0.25, 0.3) is 10.0 Å². The number of fused-ring (bicyclic) bond motifs is 1. The van der Waals surface area contributed by atoms with Crippen LogP contribution in [0, 0.1) is 0 Å². The maximum Gasteiger partial charge on any atom is 0.265 e. The highest BCUT2D eigenvalue weighted by Crippen LogP contribution is 2.41. The summed E-state index contributed by atoms with van der Waals surface area (Å²) in [6, 6.07) is 34.0. The molecule has 0 radical (unpaired) electrons. The fourth-order valence-electron chi connectivity index (χ4n) is 5.47. The van der Waals surface area contributed by atoms with E-state index in [4.69, 9.17) is 5.10 Å². The van der Waals surface area contributed by atoms with Crippen molar-refractivity contribution in [3.63, 3.8) is 0 Å². The van der Waals surface area contributed by atoms with Crippen LogP contribution in [0.15, 0.2) is 127 Å². The van der Waals surface area contributed by atoms with Gasteiger partial charge in [0.1, 0.15) is 10.4 Å². The fourth-order valence-corrected chi connectivity index (χ4v) is 6.51. The van der Waals surface area contributed by atoms with E-state index in [-0.39, 0.29) is 4.90 Å². The highest BCUT2D eigenvalue weighted by atomic mass is 32.2. The minimum absolute atomic E-state index is 0.0703. The number of hydrogen-bond donors (Lipinski definition) is 1. The zero-order chi connectivity index (χ0) is 27.7. The number of anilines is 1. The van der Waals surface area contributed by atoms with Crippen LogP contribution in [0.1, 0.15) is 29.2 Å². The summed E-state index contributed by atoms with van der Waals surface area (Å²) >= 11 is 0. The maximum absolute atomic E-state index is 13.9. The van der Waals surface area contributed by atoms with Crippen LogP contribution >= 0.6 is 0 Å². The Kier molecular flexibility index (Phi) is 6.48. The summed E-state index contributed by atoms with van der Waals surface area (Å²) in [6.07, 6.45) is 5.43. The van der Waals surface area contributed by atoms with Gasteiger partial charge in [0.05, 0.1) is 23.6 Å². The predicted octanol–water partition coefficient (Wildman–Crippen LogP) is 5.97. The van der Waals surface area contributed by atoms with Crippen LogP contribution in [-0.2, 0) is 29.0 Å². The Morgan fingerprint density at radius 1 is 0.750 bits per heavy atom. The molecule has 0 saturated heterocycles. The molecule has 0 saturated carbocycles. The van der Waals surface area contributed by atoms with Gasteiger partial charge in [0, 0.05) is 18.6 Å². The quantitative estimate of drug-likeness (QED) is 0.238. The molecule has 2 heterocycles. The smallest absolute Gasteiger partial charge is 0.265 e. The average molecular weight is 548 g/mol. The Morgan fingerprint density at radius 2 is 1.30 bits per heavy atom. The van der Waals surface area contributed by atoms with Crippen molar-refractivity contribution in [3.05, 3.63) is 144 Å². The first-order valence-electron chi connectivity index (χ1n) is 13.1. The molecule has 4 aromatic carbocycles. The van der Waals surface area contributed by atoms with Gasteiger partial charge in [-0.05, 0) is 28.7 Å². The Bertz CT molecular complexity index is 1780. The van der Waals surface area contributed by atoms with E-state index in [1.54, 1.807) is 21.8 Å². The second kappa shape index (κ2) is 10.1. The van der Waals surface area contributed by atoms with Gasteiger partial charge in [-0.3, -0.25) is 14.1 Å². The third-order valence-corrected chi connectivity index (χ3v) is 8.70. The molecule has 0 bridgehead atoms. The standard InChI is InChI=1S/C32H29N5O2S/c1-3-24-19-20-25-21-33-36(2)31(25)30(24)35-40(38,39)29-22-34-37(23-29)32(26-13-7-4-8-14-26,27-15-9-5-10-16-27)28-17-11-6-12-18-28/h4-23,35H,3H2,1-2H3. The number of rotatable bonds is 8. The second-order valence-corrected chi connectivity index (χ2v) is 11.4. The van der Waals surface area contributed by atoms with Gasteiger partial charge in [0.15, 0.2) is 0 Å². The van der Waals surface area contributed by atoms with Gasteiger partial charge in [0.2, 0.25) is 0 Å². The summed E-state index contributed by atoms with van der Waals surface area (Å²) in [5.41, 5.74) is 4.13. The van der Waals surface area contributed by atoms with E-state index in [1.807, 2.05) is 117 Å². The van der Waals surface area contributed by atoms with Crippen LogP contribution in [0.4, 0.5) is 5.69 Å². The van der Waals surface area contributed by atoms with Crippen LogP contribution in [0.2, 0.25) is 0 Å². The number of aryl methyl sites for hydroxylation is 2. The van der Waals surface area contributed by atoms with Crippen molar-refractivity contribution in [3.8, 4) is 0 Å². The van der Waals surface area contributed by atoms with Crippen molar-refractivity contribution >= 4 is 26.6 Å². The summed E-state index contributed by atoms with van der Waals surface area (Å²) in [6.45, 7) is 2.00. The number of sulfonamides is 1. The Morgan fingerprint density at radius 3 is 1.82 bits per heavy atom. The van der Waals surface area contributed by atoms with Crippen molar-refractivity contribution in [2.75, 3.05) is 4.72 Å². The molecule has 0 fully saturated rings. The molecule has 6 rings (SSSR count). The number of benzene rings is 4. The molecule has 2 aromatic heterocycles. The molecule has 1 N–H and O–H groups in total. The van der Waals surface area contributed by atoms with Gasteiger partial charge in [-0.25, -0.2) is 8.42 Å². The summed E-state index contributed by atoms with van der Waals surface area (Å²) in [7, 11) is -2.18. The highest BCUT2D eigenvalue weighted by molar-refractivity contribution is 7.92. The minimum Gasteiger partial charge on any atom is -0.277 e. The first-order valence-corrected chi connectivity index (χ1v) is 14.6. The molecule has 200 valence electrons. The molecule has 0 unspecified atom stereocenters. The van der Waals surface area contributed by atoms with Gasteiger partial charge in [-0.1, -0.05) is 110 Å². The first kappa shape index (κ1) is 25.6. The molecule has 0 aliphatic rings. The first-order chi connectivity index (χ1) is 19.4. The number of hydrogen-bond acceptors (Lipinski definition) is 4. The van der Waals surface area contributed by atoms with E-state index in [0.29, 0.717) is 12.1 Å². The van der Waals surface area contributed by atoms with Gasteiger partial charge >= 0.3 is 0 Å². The lowest BCUT2D eigenvalue weighted by atomic mass is 9.77. The molecule has 7 nitrogen and oxygen atoms in total. The molecular formula is C32H29N5O2S. The normalized spacial score (nSPS) is 12.1. The average Bonchev–Trinajstić information content (AvgIpc) is 3.64. The number of aromatic nitrogens is 4. The number of nitrogens with one attached hydrogen (secondary N) is 1. The molecule has 40 heavy (non-hydrogen) atoms. The fraction of sp³-hybridized carbons (Fsp3) is 0.125. The van der Waals surface area contributed by atoms with E-state index >= 15 is 0 Å². The minimum atomic E-state index is -3.99. The SMILES string of the molecule is CCc1ccc2cnn(C)c2c1NS(=O)(=O)c1cnn(C(c2ccccc2)(c2ccccc2)c2ccccc2)c1. The third kappa shape index (κ3) is 4.17. The second-order valence-electron chi connectivity index (χ2n) is 9.69. The molecule has 0 spiro atoms. The zero-order valence-electron chi connectivity index (χ0n) is 22.3. The predicted molar refractivity (Wildman–Crippen MR) is 158 cm³/mol. The molecule has 0 aliphatic heterocycles. The van der Waals surface area contributed by atoms with Crippen molar-refractivity contribution in [1.82, 2.24) is 19.6 Å². The van der Waals surface area contributed by atoms with Gasteiger partial charge in [-0.2, -0.15) is 10.2 Å². The zero-order valence-corrected chi connectivity index (χ0v) is 23.1. The Hall–Kier alpha value is -4.69. The lowest BCUT2D eigenvalue weighted by molar-refractivity contribution is 0.459. The third-order valence-electron chi connectivity index (χ3n) is 7.39. The monoisotopic (exact) mass is 547 g/mol. The van der Waals surface area contributed by atoms with Crippen molar-refractivity contribution < 1.29 is 8.42 Å². The lowest BCUT2D eigenvalue weighted by Gasteiger charge is -2.36. The summed E-state index contributed by atoms with van der Waals surface area (Å²) in [4.78, 5) is 0.0703. The van der Waals surface area contributed by atoms with Crippen LogP contribution < -0.4 is 4.72 Å².